The van der Waals surface area contributed by atoms with Gasteiger partial charge in [0.25, 0.3) is 0 Å². The maximum absolute atomic E-state index is 13.3. The van der Waals surface area contributed by atoms with Gasteiger partial charge in [-0.15, -0.1) is 0 Å². The summed E-state index contributed by atoms with van der Waals surface area (Å²) in [6, 6.07) is 2.74. The van der Waals surface area contributed by atoms with Crippen LogP contribution in [0.15, 0.2) is 16.5 Å². The van der Waals surface area contributed by atoms with Gasteiger partial charge in [0.1, 0.15) is 20.0 Å². The molecule has 2 radical (unpaired) electrons. The van der Waals surface area contributed by atoms with E-state index in [0.29, 0.717) is 16.9 Å². The maximum Gasteiger partial charge on any atom is 0.221 e. The summed E-state index contributed by atoms with van der Waals surface area (Å²) in [5, 5.41) is 0. The fraction of sp³-hybridized carbons (Fsp3) is 0.222. The third-order valence-corrected chi connectivity index (χ3v) is 1.78. The molecule has 0 saturated heterocycles. The Morgan fingerprint density at radius 1 is 1.57 bits per heavy atom. The summed E-state index contributed by atoms with van der Waals surface area (Å²) in [5.41, 5.74) is 0.843. The molecule has 1 heterocycles. The van der Waals surface area contributed by atoms with E-state index in [-0.39, 0.29) is 12.1 Å². The molecule has 0 spiro atoms. The van der Waals surface area contributed by atoms with Crippen LogP contribution >= 0.6 is 0 Å². The third kappa shape index (κ3) is 1.51. The van der Waals surface area contributed by atoms with E-state index in [4.69, 9.17) is 17.0 Å². The summed E-state index contributed by atoms with van der Waals surface area (Å²) < 4.78 is 23.3. The van der Waals surface area contributed by atoms with E-state index in [1.54, 1.807) is 0 Å². The molecule has 0 unspecified atom stereocenters. The van der Waals surface area contributed by atoms with Gasteiger partial charge in [0.15, 0.2) is 11.4 Å². The fourth-order valence-corrected chi connectivity index (χ4v) is 1.24. The molecular weight excluding hydrogens is 184 g/mol. The first-order chi connectivity index (χ1) is 6.70. The highest BCUT2D eigenvalue weighted by molar-refractivity contribution is 6.33. The molecule has 0 saturated carbocycles. The Morgan fingerprint density at radius 2 is 2.36 bits per heavy atom. The predicted octanol–water partition coefficient (Wildman–Crippen LogP) is 0.907. The van der Waals surface area contributed by atoms with Gasteiger partial charge in [-0.25, -0.2) is 9.37 Å². The molecule has 0 atom stereocenters. The van der Waals surface area contributed by atoms with E-state index < -0.39 is 5.82 Å². The van der Waals surface area contributed by atoms with Crippen molar-refractivity contribution in [2.24, 2.45) is 0 Å². The number of fused-ring (bicyclic) bond motifs is 1. The van der Waals surface area contributed by atoms with Crippen molar-refractivity contribution in [2.45, 2.75) is 6.61 Å². The van der Waals surface area contributed by atoms with Gasteiger partial charge in [-0.1, -0.05) is 5.46 Å². The number of rotatable bonds is 2. The summed E-state index contributed by atoms with van der Waals surface area (Å²) >= 11 is 0. The zero-order chi connectivity index (χ0) is 10.1. The summed E-state index contributed by atoms with van der Waals surface area (Å²) in [4.78, 5) is 3.92. The van der Waals surface area contributed by atoms with Crippen LogP contribution in [0.3, 0.4) is 0 Å². The lowest BCUT2D eigenvalue weighted by molar-refractivity contribution is 0.161. The number of hydrogen-bond acceptors (Lipinski definition) is 3. The number of nitrogens with zero attached hydrogens (tertiary/aromatic N) is 1. The smallest absolute Gasteiger partial charge is 0.221 e. The zero-order valence-corrected chi connectivity index (χ0v) is 7.58. The van der Waals surface area contributed by atoms with Gasteiger partial charge < -0.3 is 9.15 Å². The molecule has 3 nitrogen and oxygen atoms in total. The number of ether oxygens (including phenoxy) is 1. The van der Waals surface area contributed by atoms with Gasteiger partial charge in [0, 0.05) is 7.11 Å². The summed E-state index contributed by atoms with van der Waals surface area (Å²) in [6.45, 7) is 0.216. The second-order valence-corrected chi connectivity index (χ2v) is 2.89. The quantitative estimate of drug-likeness (QED) is 0.661. The highest BCUT2D eigenvalue weighted by Gasteiger charge is 2.09. The average molecular weight is 191 g/mol. The Hall–Kier alpha value is -1.36. The molecule has 0 aliphatic carbocycles. The Labute approximate surface area is 81.3 Å². The molecule has 1 aromatic carbocycles. The van der Waals surface area contributed by atoms with Crippen molar-refractivity contribution in [2.75, 3.05) is 7.11 Å². The first kappa shape index (κ1) is 9.21. The van der Waals surface area contributed by atoms with Gasteiger partial charge in [-0.3, -0.25) is 0 Å². The molecule has 0 fully saturated rings. The van der Waals surface area contributed by atoms with Crippen LogP contribution in [-0.4, -0.2) is 19.9 Å². The Kier molecular flexibility index (Phi) is 2.25. The Bertz CT molecular complexity index is 469. The molecule has 2 rings (SSSR count). The molecule has 0 aliphatic rings. The van der Waals surface area contributed by atoms with Crippen LogP contribution in [0.5, 0.6) is 0 Å². The minimum absolute atomic E-state index is 0.186. The van der Waals surface area contributed by atoms with Crippen LogP contribution < -0.4 is 5.46 Å². The lowest BCUT2D eigenvalue weighted by Gasteiger charge is -1.92. The lowest BCUT2D eigenvalue weighted by atomic mass is 9.96. The Balaban J connectivity index is 2.58. The summed E-state index contributed by atoms with van der Waals surface area (Å²) in [5.74, 6) is -0.141. The molecule has 14 heavy (non-hydrogen) atoms. The standard InChI is InChI=1S/C9H7BFNO2/c1-13-4-8-12-9-6(11)2-5(10)3-7(9)14-8/h2-3H,4H2,1H3. The van der Waals surface area contributed by atoms with E-state index in [2.05, 4.69) is 4.98 Å². The first-order valence-corrected chi connectivity index (χ1v) is 4.04. The van der Waals surface area contributed by atoms with Gasteiger partial charge >= 0.3 is 0 Å². The van der Waals surface area contributed by atoms with E-state index in [9.17, 15) is 4.39 Å². The maximum atomic E-state index is 13.3. The van der Waals surface area contributed by atoms with Crippen LogP contribution in [0.1, 0.15) is 5.89 Å². The van der Waals surface area contributed by atoms with E-state index >= 15 is 0 Å². The van der Waals surface area contributed by atoms with Crippen LogP contribution in [0.25, 0.3) is 11.1 Å². The van der Waals surface area contributed by atoms with Crippen molar-refractivity contribution in [3.8, 4) is 0 Å². The average Bonchev–Trinajstić information content (AvgIpc) is 2.48. The van der Waals surface area contributed by atoms with Crippen molar-refractivity contribution >= 4 is 24.4 Å². The minimum atomic E-state index is -0.480. The van der Waals surface area contributed by atoms with Crippen LogP contribution in [0.4, 0.5) is 4.39 Å². The largest absolute Gasteiger partial charge is 0.438 e. The van der Waals surface area contributed by atoms with Crippen LogP contribution in [0.2, 0.25) is 0 Å². The topological polar surface area (TPSA) is 35.3 Å². The number of oxazole rings is 1. The van der Waals surface area contributed by atoms with Crippen molar-refractivity contribution < 1.29 is 13.5 Å². The van der Waals surface area contributed by atoms with E-state index in [0.717, 1.165) is 0 Å². The Morgan fingerprint density at radius 3 is 3.07 bits per heavy atom. The summed E-state index contributed by atoms with van der Waals surface area (Å²) in [7, 11) is 6.96. The van der Waals surface area contributed by atoms with E-state index in [1.165, 1.54) is 19.2 Å². The van der Waals surface area contributed by atoms with Crippen molar-refractivity contribution in [3.63, 3.8) is 0 Å². The second-order valence-electron chi connectivity index (χ2n) is 2.89. The number of benzene rings is 1. The second kappa shape index (κ2) is 3.42. The molecule has 5 heteroatoms. The number of halogens is 1. The van der Waals surface area contributed by atoms with Gasteiger partial charge in [0.2, 0.25) is 5.89 Å². The number of methoxy groups -OCH3 is 1. The third-order valence-electron chi connectivity index (χ3n) is 1.78. The highest BCUT2D eigenvalue weighted by atomic mass is 19.1. The minimum Gasteiger partial charge on any atom is -0.438 e. The van der Waals surface area contributed by atoms with Gasteiger partial charge in [-0.2, -0.15) is 0 Å². The molecule has 0 amide bonds. The van der Waals surface area contributed by atoms with Crippen molar-refractivity contribution in [3.05, 3.63) is 23.8 Å². The molecule has 2 aromatic rings. The molecule has 0 aliphatic heterocycles. The van der Waals surface area contributed by atoms with Crippen LogP contribution in [-0.2, 0) is 11.3 Å². The number of aromatic nitrogens is 1. The van der Waals surface area contributed by atoms with Crippen LogP contribution in [0, 0.1) is 5.82 Å². The molecule has 1 aromatic heterocycles. The van der Waals surface area contributed by atoms with Gasteiger partial charge in [0.05, 0.1) is 0 Å². The highest BCUT2D eigenvalue weighted by Crippen LogP contribution is 2.17. The SMILES string of the molecule is [B]c1cc(F)c2nc(COC)oc2c1. The van der Waals surface area contributed by atoms with E-state index in [1.807, 2.05) is 0 Å². The molecule has 70 valence electrons. The van der Waals surface area contributed by atoms with Gasteiger partial charge in [-0.05, 0) is 12.1 Å². The fourth-order valence-electron chi connectivity index (χ4n) is 1.24. The van der Waals surface area contributed by atoms with Crippen molar-refractivity contribution in [1.82, 2.24) is 4.98 Å². The monoisotopic (exact) mass is 191 g/mol. The van der Waals surface area contributed by atoms with Crippen molar-refractivity contribution in [1.29, 1.82) is 0 Å². The normalized spacial score (nSPS) is 11.0. The lowest BCUT2D eigenvalue weighted by Crippen LogP contribution is -2.01. The number of hydrogen-bond donors (Lipinski definition) is 0. The molecule has 0 N–H and O–H groups in total. The molecular formula is C9H7BFNO2. The molecule has 0 bridgehead atoms. The predicted molar refractivity (Wildman–Crippen MR) is 50.1 cm³/mol. The zero-order valence-electron chi connectivity index (χ0n) is 7.58. The first-order valence-electron chi connectivity index (χ1n) is 4.04. The summed E-state index contributed by atoms with van der Waals surface area (Å²) in [6.07, 6.45) is 0.